The smallest absolute Gasteiger partial charge is 0.312 e. The minimum Gasteiger partial charge on any atom is -0.463 e. The van der Waals surface area contributed by atoms with E-state index in [1.54, 1.807) is 26.0 Å². The van der Waals surface area contributed by atoms with Crippen LogP contribution in [0.2, 0.25) is 0 Å². The van der Waals surface area contributed by atoms with Gasteiger partial charge in [0.2, 0.25) is 0 Å². The van der Waals surface area contributed by atoms with Gasteiger partial charge in [0, 0.05) is 5.92 Å². The van der Waals surface area contributed by atoms with Crippen molar-refractivity contribution in [3.8, 4) is 0 Å². The van der Waals surface area contributed by atoms with Crippen molar-refractivity contribution in [2.75, 3.05) is 0 Å². The third-order valence-electron chi connectivity index (χ3n) is 4.41. The molecular formula is C14H20O5. The summed E-state index contributed by atoms with van der Waals surface area (Å²) in [6.07, 6.45) is 1.76. The van der Waals surface area contributed by atoms with Crippen molar-refractivity contribution in [3.05, 3.63) is 12.2 Å². The highest BCUT2D eigenvalue weighted by molar-refractivity contribution is 5.75. The fourth-order valence-electron chi connectivity index (χ4n) is 3.70. The van der Waals surface area contributed by atoms with Crippen LogP contribution in [-0.2, 0) is 14.3 Å². The van der Waals surface area contributed by atoms with Crippen molar-refractivity contribution in [2.24, 2.45) is 17.8 Å². The molecule has 3 rings (SSSR count). The van der Waals surface area contributed by atoms with E-state index in [9.17, 15) is 15.0 Å². The molecule has 1 saturated heterocycles. The van der Waals surface area contributed by atoms with Crippen molar-refractivity contribution >= 4 is 5.97 Å². The van der Waals surface area contributed by atoms with Crippen LogP contribution in [0.15, 0.2) is 12.2 Å². The number of aliphatic hydroxyl groups is 2. The number of hydrogen-bond donors (Lipinski definition) is 2. The molecule has 5 heteroatoms. The molecule has 2 aliphatic carbocycles. The maximum atomic E-state index is 12.2. The summed E-state index contributed by atoms with van der Waals surface area (Å²) >= 11 is 0. The molecule has 1 heterocycles. The zero-order valence-corrected chi connectivity index (χ0v) is 11.1. The molecular weight excluding hydrogens is 248 g/mol. The first-order valence-electron chi connectivity index (χ1n) is 6.89. The zero-order chi connectivity index (χ0) is 13.7. The minimum atomic E-state index is -0.717. The van der Waals surface area contributed by atoms with E-state index in [4.69, 9.17) is 9.47 Å². The Morgan fingerprint density at radius 1 is 1.37 bits per heavy atom. The minimum absolute atomic E-state index is 0.0837. The normalized spacial score (nSPS) is 47.5. The Bertz CT molecular complexity index is 405. The fraction of sp³-hybridized carbons (Fsp3) is 0.786. The predicted molar refractivity (Wildman–Crippen MR) is 66.1 cm³/mol. The number of carbonyl (C=O) groups is 1. The van der Waals surface area contributed by atoms with Crippen LogP contribution in [0.3, 0.4) is 0 Å². The molecule has 7 atom stereocenters. The molecule has 2 fully saturated rings. The first-order chi connectivity index (χ1) is 8.99. The molecule has 0 aromatic rings. The summed E-state index contributed by atoms with van der Waals surface area (Å²) in [7, 11) is 0. The molecule has 0 aromatic heterocycles. The standard InChI is InChI=1S/C14H20O5/c1-6(2)18-14(17)12-11-7-5-9(16)13(12)19-10(11)4-3-8(7)15/h3-4,6-13,15-16H,5H2,1-2H3/t7-,8+,9+,10-,11+,12-,13+/m1/s1. The molecule has 2 bridgehead atoms. The molecule has 5 nitrogen and oxygen atoms in total. The van der Waals surface area contributed by atoms with E-state index in [2.05, 4.69) is 0 Å². The Morgan fingerprint density at radius 3 is 2.79 bits per heavy atom. The van der Waals surface area contributed by atoms with E-state index in [0.717, 1.165) is 0 Å². The number of ether oxygens (including phenoxy) is 2. The Balaban J connectivity index is 1.90. The Hall–Kier alpha value is -0.910. The molecule has 1 saturated carbocycles. The van der Waals surface area contributed by atoms with Gasteiger partial charge in [0.1, 0.15) is 0 Å². The highest BCUT2D eigenvalue weighted by Crippen LogP contribution is 2.50. The number of hydrogen-bond acceptors (Lipinski definition) is 5. The number of esters is 1. The number of carbonyl (C=O) groups excluding carboxylic acids is 1. The summed E-state index contributed by atoms with van der Waals surface area (Å²) in [6, 6.07) is 0. The van der Waals surface area contributed by atoms with Gasteiger partial charge in [0.05, 0.1) is 36.4 Å². The van der Waals surface area contributed by atoms with Crippen molar-refractivity contribution in [1.29, 1.82) is 0 Å². The summed E-state index contributed by atoms with van der Waals surface area (Å²) in [5.74, 6) is -1.01. The maximum Gasteiger partial charge on any atom is 0.312 e. The van der Waals surface area contributed by atoms with Gasteiger partial charge in [-0.1, -0.05) is 12.2 Å². The number of aliphatic hydroxyl groups excluding tert-OH is 2. The molecule has 0 spiro atoms. The lowest BCUT2D eigenvalue weighted by Gasteiger charge is -2.40. The van der Waals surface area contributed by atoms with Gasteiger partial charge in [0.15, 0.2) is 0 Å². The van der Waals surface area contributed by atoms with Crippen LogP contribution in [0.1, 0.15) is 20.3 Å². The highest BCUT2D eigenvalue weighted by atomic mass is 16.6. The Kier molecular flexibility index (Phi) is 3.15. The summed E-state index contributed by atoms with van der Waals surface area (Å²) in [4.78, 5) is 12.2. The highest BCUT2D eigenvalue weighted by Gasteiger charge is 2.59. The second-order valence-electron chi connectivity index (χ2n) is 6.00. The van der Waals surface area contributed by atoms with Gasteiger partial charge in [-0.05, 0) is 26.2 Å². The first-order valence-corrected chi connectivity index (χ1v) is 6.89. The van der Waals surface area contributed by atoms with Gasteiger partial charge in [-0.3, -0.25) is 4.79 Å². The average Bonchev–Trinajstić information content (AvgIpc) is 2.67. The topological polar surface area (TPSA) is 76.0 Å². The van der Waals surface area contributed by atoms with Gasteiger partial charge in [-0.15, -0.1) is 0 Å². The fourth-order valence-corrected chi connectivity index (χ4v) is 3.70. The first kappa shape index (κ1) is 13.1. The van der Waals surface area contributed by atoms with Gasteiger partial charge < -0.3 is 19.7 Å². The average molecular weight is 268 g/mol. The summed E-state index contributed by atoms with van der Waals surface area (Å²) < 4.78 is 11.1. The molecule has 0 radical (unpaired) electrons. The van der Waals surface area contributed by atoms with Gasteiger partial charge in [-0.2, -0.15) is 0 Å². The molecule has 0 aromatic carbocycles. The lowest BCUT2D eigenvalue weighted by atomic mass is 9.65. The van der Waals surface area contributed by atoms with Crippen LogP contribution in [0.25, 0.3) is 0 Å². The lowest BCUT2D eigenvalue weighted by Crippen LogP contribution is -2.50. The molecule has 0 unspecified atom stereocenters. The van der Waals surface area contributed by atoms with Crippen LogP contribution in [0.5, 0.6) is 0 Å². The van der Waals surface area contributed by atoms with Gasteiger partial charge in [-0.25, -0.2) is 0 Å². The Morgan fingerprint density at radius 2 is 2.11 bits per heavy atom. The molecule has 1 aliphatic heterocycles. The zero-order valence-electron chi connectivity index (χ0n) is 11.1. The van der Waals surface area contributed by atoms with Crippen molar-refractivity contribution in [3.63, 3.8) is 0 Å². The van der Waals surface area contributed by atoms with E-state index in [1.165, 1.54) is 0 Å². The van der Waals surface area contributed by atoms with E-state index in [1.807, 2.05) is 0 Å². The third kappa shape index (κ3) is 2.00. The summed E-state index contributed by atoms with van der Waals surface area (Å²) in [5, 5.41) is 20.2. The second-order valence-corrected chi connectivity index (χ2v) is 6.00. The van der Waals surface area contributed by atoms with E-state index in [0.29, 0.717) is 6.42 Å². The monoisotopic (exact) mass is 268 g/mol. The van der Waals surface area contributed by atoms with Crippen LogP contribution >= 0.6 is 0 Å². The molecule has 2 N–H and O–H groups in total. The van der Waals surface area contributed by atoms with Crippen molar-refractivity contribution in [1.82, 2.24) is 0 Å². The van der Waals surface area contributed by atoms with Crippen LogP contribution < -0.4 is 0 Å². The molecule has 19 heavy (non-hydrogen) atoms. The van der Waals surface area contributed by atoms with Crippen molar-refractivity contribution < 1.29 is 24.5 Å². The maximum absolute atomic E-state index is 12.2. The Labute approximate surface area is 112 Å². The lowest BCUT2D eigenvalue weighted by molar-refractivity contribution is -0.162. The van der Waals surface area contributed by atoms with E-state index < -0.39 is 24.2 Å². The van der Waals surface area contributed by atoms with Crippen LogP contribution in [-0.4, -0.2) is 46.7 Å². The number of fused-ring (bicyclic) bond motifs is 1. The third-order valence-corrected chi connectivity index (χ3v) is 4.41. The van der Waals surface area contributed by atoms with Crippen LogP contribution in [0.4, 0.5) is 0 Å². The molecule has 106 valence electrons. The van der Waals surface area contributed by atoms with Crippen LogP contribution in [0, 0.1) is 17.8 Å². The van der Waals surface area contributed by atoms with Gasteiger partial charge >= 0.3 is 5.97 Å². The second kappa shape index (κ2) is 4.58. The summed E-state index contributed by atoms with van der Waals surface area (Å²) in [5.41, 5.74) is 0. The molecule has 3 aliphatic rings. The number of rotatable bonds is 2. The predicted octanol–water partition coefficient (Wildman–Crippen LogP) is 0.249. The van der Waals surface area contributed by atoms with E-state index >= 15 is 0 Å². The van der Waals surface area contributed by atoms with Gasteiger partial charge in [0.25, 0.3) is 0 Å². The SMILES string of the molecule is CC(C)OC(=O)[C@H]1[C@H]2O[C@@H]3C=C[C@H](O)[C@@H](C[C@@H]2O)[C@H]13. The van der Waals surface area contributed by atoms with E-state index in [-0.39, 0.29) is 30.0 Å². The summed E-state index contributed by atoms with van der Waals surface area (Å²) in [6.45, 7) is 3.60. The van der Waals surface area contributed by atoms with Crippen molar-refractivity contribution in [2.45, 2.75) is 50.8 Å². The quantitative estimate of drug-likeness (QED) is 0.554. The largest absolute Gasteiger partial charge is 0.463 e. The molecule has 0 amide bonds.